The molecule has 1 heterocycles. The Hall–Kier alpha value is -1.32. The van der Waals surface area contributed by atoms with E-state index < -0.39 is 0 Å². The predicted octanol–water partition coefficient (Wildman–Crippen LogP) is 2.04. The van der Waals surface area contributed by atoms with Crippen LogP contribution < -0.4 is 15.4 Å². The van der Waals surface area contributed by atoms with Gasteiger partial charge in [-0.2, -0.15) is 0 Å². The van der Waals surface area contributed by atoms with Gasteiger partial charge in [0, 0.05) is 33.2 Å². The lowest BCUT2D eigenvalue weighted by atomic mass is 10.0. The van der Waals surface area contributed by atoms with Crippen molar-refractivity contribution in [3.05, 3.63) is 42.5 Å². The van der Waals surface area contributed by atoms with Crippen LogP contribution in [0.5, 0.6) is 5.75 Å². The fraction of sp³-hybridized carbons (Fsp3) is 0.500. The van der Waals surface area contributed by atoms with Gasteiger partial charge >= 0.3 is 0 Å². The van der Waals surface area contributed by atoms with Crippen LogP contribution in [0.2, 0.25) is 0 Å². The van der Waals surface area contributed by atoms with Crippen molar-refractivity contribution in [1.29, 1.82) is 0 Å². The molecule has 7 heteroatoms. The fourth-order valence-corrected chi connectivity index (χ4v) is 2.76. The molecule has 0 aliphatic carbocycles. The number of ether oxygens (including phenoxy) is 2. The molecule has 1 saturated heterocycles. The summed E-state index contributed by atoms with van der Waals surface area (Å²) >= 11 is 0. The van der Waals surface area contributed by atoms with Crippen molar-refractivity contribution in [3.8, 4) is 5.75 Å². The van der Waals surface area contributed by atoms with E-state index in [-0.39, 0.29) is 30.0 Å². The maximum absolute atomic E-state index is 5.49. The molecule has 25 heavy (non-hydrogen) atoms. The first-order valence-electron chi connectivity index (χ1n) is 8.29. The van der Waals surface area contributed by atoms with E-state index in [0.717, 1.165) is 44.6 Å². The van der Waals surface area contributed by atoms with Crippen molar-refractivity contribution in [2.45, 2.75) is 6.04 Å². The normalized spacial score (nSPS) is 16.5. The zero-order chi connectivity index (χ0) is 17.2. The minimum Gasteiger partial charge on any atom is -0.497 e. The van der Waals surface area contributed by atoms with Gasteiger partial charge in [0.1, 0.15) is 5.75 Å². The number of nitrogens with one attached hydrogen (secondary N) is 2. The average Bonchev–Trinajstić information content (AvgIpc) is 2.65. The van der Waals surface area contributed by atoms with Crippen LogP contribution in [0.15, 0.2) is 41.9 Å². The van der Waals surface area contributed by atoms with Crippen LogP contribution in [0.25, 0.3) is 0 Å². The van der Waals surface area contributed by atoms with Crippen LogP contribution >= 0.6 is 24.0 Å². The van der Waals surface area contributed by atoms with Gasteiger partial charge in [0.25, 0.3) is 0 Å². The van der Waals surface area contributed by atoms with Crippen molar-refractivity contribution < 1.29 is 9.47 Å². The molecule has 0 radical (unpaired) electrons. The molecule has 2 N–H and O–H groups in total. The molecule has 1 atom stereocenters. The molecule has 0 aromatic heterocycles. The maximum atomic E-state index is 5.49. The lowest BCUT2D eigenvalue weighted by Gasteiger charge is -2.35. The summed E-state index contributed by atoms with van der Waals surface area (Å²) in [5.41, 5.74) is 1.25. The highest BCUT2D eigenvalue weighted by molar-refractivity contribution is 14.0. The number of rotatable bonds is 7. The second kappa shape index (κ2) is 12.1. The van der Waals surface area contributed by atoms with E-state index in [4.69, 9.17) is 9.47 Å². The van der Waals surface area contributed by atoms with Gasteiger partial charge in [0.15, 0.2) is 5.96 Å². The summed E-state index contributed by atoms with van der Waals surface area (Å²) in [4.78, 5) is 6.69. The molecule has 0 amide bonds. The molecule has 140 valence electrons. The largest absolute Gasteiger partial charge is 0.497 e. The van der Waals surface area contributed by atoms with E-state index in [9.17, 15) is 0 Å². The SMILES string of the molecule is C=CCNC(=NC)NCC(c1ccc(OC)cc1)N1CCOCC1.I. The Morgan fingerprint density at radius 2 is 2.00 bits per heavy atom. The molecule has 0 saturated carbocycles. The van der Waals surface area contributed by atoms with Gasteiger partial charge in [-0.25, -0.2) is 0 Å². The molecule has 1 aliphatic heterocycles. The highest BCUT2D eigenvalue weighted by Crippen LogP contribution is 2.23. The number of aliphatic imine (C=N–C) groups is 1. The number of nitrogens with zero attached hydrogens (tertiary/aromatic N) is 2. The molecule has 1 aliphatic rings. The van der Waals surface area contributed by atoms with Gasteiger partial charge in [-0.3, -0.25) is 9.89 Å². The van der Waals surface area contributed by atoms with Gasteiger partial charge in [-0.15, -0.1) is 30.6 Å². The number of hydrogen-bond acceptors (Lipinski definition) is 4. The molecule has 0 bridgehead atoms. The van der Waals surface area contributed by atoms with Crippen LogP contribution in [0.1, 0.15) is 11.6 Å². The minimum absolute atomic E-state index is 0. The third-order valence-corrected chi connectivity index (χ3v) is 4.09. The van der Waals surface area contributed by atoms with Crippen LogP contribution in [-0.4, -0.2) is 64.4 Å². The minimum atomic E-state index is 0. The second-order valence-corrected chi connectivity index (χ2v) is 5.56. The Kier molecular flexibility index (Phi) is 10.5. The first-order chi connectivity index (χ1) is 11.8. The Balaban J connectivity index is 0.00000312. The number of halogens is 1. The summed E-state index contributed by atoms with van der Waals surface area (Å²) in [7, 11) is 3.46. The Morgan fingerprint density at radius 3 is 2.56 bits per heavy atom. The van der Waals surface area contributed by atoms with E-state index in [1.807, 2.05) is 18.2 Å². The van der Waals surface area contributed by atoms with Crippen LogP contribution in [-0.2, 0) is 4.74 Å². The summed E-state index contributed by atoms with van der Waals surface area (Å²) in [5.74, 6) is 1.65. The molecule has 2 rings (SSSR count). The fourth-order valence-electron chi connectivity index (χ4n) is 2.76. The summed E-state index contributed by atoms with van der Waals surface area (Å²) in [6.07, 6.45) is 1.82. The smallest absolute Gasteiger partial charge is 0.191 e. The summed E-state index contributed by atoms with van der Waals surface area (Å²) in [5, 5.41) is 6.61. The van der Waals surface area contributed by atoms with E-state index >= 15 is 0 Å². The third-order valence-electron chi connectivity index (χ3n) is 4.09. The number of guanidine groups is 1. The Bertz CT molecular complexity index is 530. The summed E-state index contributed by atoms with van der Waals surface area (Å²) < 4.78 is 10.8. The topological polar surface area (TPSA) is 58.1 Å². The highest BCUT2D eigenvalue weighted by Gasteiger charge is 2.22. The number of methoxy groups -OCH3 is 1. The third kappa shape index (κ3) is 6.83. The van der Waals surface area contributed by atoms with E-state index in [1.54, 1.807) is 14.2 Å². The van der Waals surface area contributed by atoms with Crippen LogP contribution in [0, 0.1) is 0 Å². The number of hydrogen-bond donors (Lipinski definition) is 2. The standard InChI is InChI=1S/C18H28N4O2.HI/c1-4-9-20-18(19-2)21-14-17(22-10-12-24-13-11-22)15-5-7-16(23-3)8-6-15;/h4-8,17H,1,9-14H2,2-3H3,(H2,19,20,21);1H. The van der Waals surface area contributed by atoms with E-state index in [1.165, 1.54) is 5.56 Å². The molecule has 6 nitrogen and oxygen atoms in total. The zero-order valence-corrected chi connectivity index (χ0v) is 17.4. The predicted molar refractivity (Wildman–Crippen MR) is 113 cm³/mol. The van der Waals surface area contributed by atoms with Crippen molar-refractivity contribution in [3.63, 3.8) is 0 Å². The molecule has 1 fully saturated rings. The molecule has 0 spiro atoms. The van der Waals surface area contributed by atoms with Gasteiger partial charge in [0.05, 0.1) is 26.4 Å². The van der Waals surface area contributed by atoms with Gasteiger partial charge in [-0.1, -0.05) is 18.2 Å². The summed E-state index contributed by atoms with van der Waals surface area (Å²) in [6, 6.07) is 8.52. The van der Waals surface area contributed by atoms with E-state index in [2.05, 4.69) is 39.2 Å². The Morgan fingerprint density at radius 1 is 1.32 bits per heavy atom. The highest BCUT2D eigenvalue weighted by atomic mass is 127. The monoisotopic (exact) mass is 460 g/mol. The van der Waals surface area contributed by atoms with Crippen LogP contribution in [0.3, 0.4) is 0 Å². The van der Waals surface area contributed by atoms with Crippen molar-refractivity contribution in [2.24, 2.45) is 4.99 Å². The zero-order valence-electron chi connectivity index (χ0n) is 15.0. The first kappa shape index (κ1) is 21.7. The Labute approximate surface area is 167 Å². The van der Waals surface area contributed by atoms with Crippen LogP contribution in [0.4, 0.5) is 0 Å². The van der Waals surface area contributed by atoms with Crippen molar-refractivity contribution >= 4 is 29.9 Å². The first-order valence-corrected chi connectivity index (χ1v) is 8.29. The molecule has 1 aromatic rings. The maximum Gasteiger partial charge on any atom is 0.191 e. The van der Waals surface area contributed by atoms with Crippen molar-refractivity contribution in [2.75, 3.05) is 53.6 Å². The summed E-state index contributed by atoms with van der Waals surface area (Å²) in [6.45, 7) is 8.58. The molecule has 1 aromatic carbocycles. The van der Waals surface area contributed by atoms with Crippen molar-refractivity contribution in [1.82, 2.24) is 15.5 Å². The van der Waals surface area contributed by atoms with Gasteiger partial charge in [-0.05, 0) is 17.7 Å². The quantitative estimate of drug-likeness (QED) is 0.282. The van der Waals surface area contributed by atoms with E-state index in [0.29, 0.717) is 6.54 Å². The lowest BCUT2D eigenvalue weighted by Crippen LogP contribution is -2.46. The average molecular weight is 460 g/mol. The molecular formula is C18H29IN4O2. The number of benzene rings is 1. The number of morpholine rings is 1. The lowest BCUT2D eigenvalue weighted by molar-refractivity contribution is 0.0170. The molecular weight excluding hydrogens is 431 g/mol. The van der Waals surface area contributed by atoms with Gasteiger partial charge in [0.2, 0.25) is 0 Å². The molecule has 1 unspecified atom stereocenters. The second-order valence-electron chi connectivity index (χ2n) is 5.56. The van der Waals surface area contributed by atoms with Gasteiger partial charge < -0.3 is 20.1 Å².